The highest BCUT2D eigenvalue weighted by molar-refractivity contribution is 5.93. The van der Waals surface area contributed by atoms with Crippen molar-refractivity contribution in [2.75, 3.05) is 18.5 Å². The van der Waals surface area contributed by atoms with Crippen LogP contribution in [0.25, 0.3) is 11.1 Å². The lowest BCUT2D eigenvalue weighted by Gasteiger charge is -2.27. The van der Waals surface area contributed by atoms with Crippen molar-refractivity contribution >= 4 is 11.7 Å². The molecule has 0 saturated heterocycles. The van der Waals surface area contributed by atoms with E-state index in [0.29, 0.717) is 18.8 Å². The summed E-state index contributed by atoms with van der Waals surface area (Å²) in [6.45, 7) is 3.10. The molecule has 4 rings (SSSR count). The van der Waals surface area contributed by atoms with Crippen molar-refractivity contribution in [2.45, 2.75) is 19.3 Å². The van der Waals surface area contributed by atoms with E-state index in [9.17, 15) is 14.3 Å². The Hall–Kier alpha value is -3.41. The molecule has 1 aliphatic heterocycles. The van der Waals surface area contributed by atoms with Crippen LogP contribution < -0.4 is 10.1 Å². The number of carboxylic acids is 1. The molecule has 1 aliphatic rings. The zero-order valence-electron chi connectivity index (χ0n) is 16.0. The molecule has 0 saturated carbocycles. The fourth-order valence-electron chi connectivity index (χ4n) is 3.70. The van der Waals surface area contributed by atoms with Crippen LogP contribution in [-0.4, -0.2) is 29.2 Å². The standard InChI is InChI=1S/C23H21FN2O3/c1-14-2-4-17(24)11-20(14)15-3-5-18-16(7-9-29-22(18)10-15)12-26-21-13-25-8-6-19(21)23(27)28/h2-6,8,10-11,13,16,26H,7,9,12H2,1H3,(H,27,28)/t16-/m0/s1. The van der Waals surface area contributed by atoms with E-state index in [0.717, 1.165) is 34.4 Å². The van der Waals surface area contributed by atoms with Gasteiger partial charge < -0.3 is 15.2 Å². The number of aryl methyl sites for hydroxylation is 1. The Morgan fingerprint density at radius 3 is 2.97 bits per heavy atom. The average molecular weight is 392 g/mol. The molecule has 29 heavy (non-hydrogen) atoms. The molecule has 0 unspecified atom stereocenters. The van der Waals surface area contributed by atoms with E-state index in [1.54, 1.807) is 6.07 Å². The Morgan fingerprint density at radius 1 is 1.28 bits per heavy atom. The summed E-state index contributed by atoms with van der Waals surface area (Å²) in [5.41, 5.74) is 4.51. The van der Waals surface area contributed by atoms with Crippen molar-refractivity contribution in [1.29, 1.82) is 0 Å². The monoisotopic (exact) mass is 392 g/mol. The molecular formula is C23H21FN2O3. The predicted octanol–water partition coefficient (Wildman–Crippen LogP) is 4.87. The van der Waals surface area contributed by atoms with Gasteiger partial charge in [0.15, 0.2) is 0 Å². The molecule has 1 atom stereocenters. The van der Waals surface area contributed by atoms with Crippen LogP contribution in [0.15, 0.2) is 54.9 Å². The highest BCUT2D eigenvalue weighted by atomic mass is 19.1. The van der Waals surface area contributed by atoms with Crippen molar-refractivity contribution < 1.29 is 19.0 Å². The van der Waals surface area contributed by atoms with Crippen LogP contribution in [0.4, 0.5) is 10.1 Å². The van der Waals surface area contributed by atoms with Gasteiger partial charge in [-0.2, -0.15) is 0 Å². The number of carbonyl (C=O) groups is 1. The minimum Gasteiger partial charge on any atom is -0.493 e. The van der Waals surface area contributed by atoms with Gasteiger partial charge in [-0.15, -0.1) is 0 Å². The Labute approximate surface area is 168 Å². The van der Waals surface area contributed by atoms with Gasteiger partial charge >= 0.3 is 5.97 Å². The molecule has 0 radical (unpaired) electrons. The van der Waals surface area contributed by atoms with Gasteiger partial charge in [0, 0.05) is 18.7 Å². The third-order valence-corrected chi connectivity index (χ3v) is 5.28. The highest BCUT2D eigenvalue weighted by Crippen LogP contribution is 2.37. The number of anilines is 1. The van der Waals surface area contributed by atoms with E-state index in [4.69, 9.17) is 4.74 Å². The summed E-state index contributed by atoms with van der Waals surface area (Å²) in [6.07, 6.45) is 3.81. The quantitative estimate of drug-likeness (QED) is 0.648. The fraction of sp³-hybridized carbons (Fsp3) is 0.217. The number of rotatable bonds is 5. The first-order chi connectivity index (χ1) is 14.0. The maximum absolute atomic E-state index is 13.7. The van der Waals surface area contributed by atoms with Crippen molar-refractivity contribution in [3.8, 4) is 16.9 Å². The topological polar surface area (TPSA) is 71.5 Å². The number of fused-ring (bicyclic) bond motifs is 1. The van der Waals surface area contributed by atoms with Gasteiger partial charge in [-0.25, -0.2) is 9.18 Å². The minimum atomic E-state index is -0.989. The van der Waals surface area contributed by atoms with Gasteiger partial charge in [-0.1, -0.05) is 18.2 Å². The lowest BCUT2D eigenvalue weighted by molar-refractivity contribution is 0.0697. The first-order valence-corrected chi connectivity index (χ1v) is 9.47. The van der Waals surface area contributed by atoms with Crippen molar-refractivity contribution in [3.05, 3.63) is 77.4 Å². The third-order valence-electron chi connectivity index (χ3n) is 5.28. The molecule has 0 fully saturated rings. The normalized spacial score (nSPS) is 15.3. The summed E-state index contributed by atoms with van der Waals surface area (Å²) >= 11 is 0. The summed E-state index contributed by atoms with van der Waals surface area (Å²) in [4.78, 5) is 15.4. The van der Waals surface area contributed by atoms with Crippen LogP contribution in [0.1, 0.15) is 33.8 Å². The second kappa shape index (κ2) is 7.91. The molecule has 1 aromatic heterocycles. The third kappa shape index (κ3) is 3.92. The summed E-state index contributed by atoms with van der Waals surface area (Å²) in [5, 5.41) is 12.5. The maximum atomic E-state index is 13.7. The van der Waals surface area contributed by atoms with Gasteiger partial charge in [-0.3, -0.25) is 4.98 Å². The highest BCUT2D eigenvalue weighted by Gasteiger charge is 2.23. The van der Waals surface area contributed by atoms with E-state index in [-0.39, 0.29) is 17.3 Å². The molecule has 0 amide bonds. The smallest absolute Gasteiger partial charge is 0.337 e. The molecule has 0 spiro atoms. The van der Waals surface area contributed by atoms with Crippen molar-refractivity contribution in [3.63, 3.8) is 0 Å². The molecule has 148 valence electrons. The second-order valence-electron chi connectivity index (χ2n) is 7.15. The Balaban J connectivity index is 1.58. The van der Waals surface area contributed by atoms with E-state index < -0.39 is 5.97 Å². The summed E-state index contributed by atoms with van der Waals surface area (Å²) in [6, 6.07) is 12.2. The van der Waals surface area contributed by atoms with E-state index in [1.165, 1.54) is 30.6 Å². The zero-order valence-corrected chi connectivity index (χ0v) is 16.0. The largest absolute Gasteiger partial charge is 0.493 e. The number of benzene rings is 2. The molecule has 2 aromatic carbocycles. The van der Waals surface area contributed by atoms with Gasteiger partial charge in [0.2, 0.25) is 0 Å². The average Bonchev–Trinajstić information content (AvgIpc) is 2.73. The summed E-state index contributed by atoms with van der Waals surface area (Å²) in [7, 11) is 0. The predicted molar refractivity (Wildman–Crippen MR) is 109 cm³/mol. The molecular weight excluding hydrogens is 371 g/mol. The van der Waals surface area contributed by atoms with Crippen molar-refractivity contribution in [1.82, 2.24) is 4.98 Å². The molecule has 2 N–H and O–H groups in total. The van der Waals surface area contributed by atoms with Crippen LogP contribution in [0.3, 0.4) is 0 Å². The zero-order chi connectivity index (χ0) is 20.4. The Kier molecular flexibility index (Phi) is 5.16. The molecule has 6 heteroatoms. The number of hydrogen-bond donors (Lipinski definition) is 2. The summed E-state index contributed by atoms with van der Waals surface area (Å²) in [5.74, 6) is -0.300. The number of aromatic nitrogens is 1. The first kappa shape index (κ1) is 18.9. The van der Waals surface area contributed by atoms with Crippen LogP contribution in [0, 0.1) is 12.7 Å². The number of ether oxygens (including phenoxy) is 1. The number of halogens is 1. The van der Waals surface area contributed by atoms with Crippen LogP contribution in [0.5, 0.6) is 5.75 Å². The lowest BCUT2D eigenvalue weighted by atomic mass is 9.90. The van der Waals surface area contributed by atoms with Gasteiger partial charge in [0.1, 0.15) is 11.6 Å². The number of aromatic carboxylic acids is 1. The first-order valence-electron chi connectivity index (χ1n) is 9.47. The number of hydrogen-bond acceptors (Lipinski definition) is 4. The number of carboxylic acid groups (broad SMARTS) is 1. The van der Waals surface area contributed by atoms with Crippen molar-refractivity contribution in [2.24, 2.45) is 0 Å². The molecule has 3 aromatic rings. The molecule has 0 aliphatic carbocycles. The van der Waals surface area contributed by atoms with E-state index >= 15 is 0 Å². The molecule has 5 nitrogen and oxygen atoms in total. The number of nitrogens with zero attached hydrogens (tertiary/aromatic N) is 1. The van der Waals surface area contributed by atoms with Gasteiger partial charge in [-0.05, 0) is 59.9 Å². The van der Waals surface area contributed by atoms with E-state index in [2.05, 4.69) is 10.3 Å². The fourth-order valence-corrected chi connectivity index (χ4v) is 3.70. The number of pyridine rings is 1. The molecule has 0 bridgehead atoms. The SMILES string of the molecule is Cc1ccc(F)cc1-c1ccc2c(c1)OCC[C@H]2CNc1cnccc1C(=O)O. The maximum Gasteiger partial charge on any atom is 0.337 e. The van der Waals surface area contributed by atoms with Gasteiger partial charge in [0.05, 0.1) is 24.1 Å². The Bertz CT molecular complexity index is 1070. The lowest BCUT2D eigenvalue weighted by Crippen LogP contribution is -2.21. The van der Waals surface area contributed by atoms with Crippen LogP contribution in [0.2, 0.25) is 0 Å². The second-order valence-corrected chi connectivity index (χ2v) is 7.15. The van der Waals surface area contributed by atoms with Crippen LogP contribution in [-0.2, 0) is 0 Å². The van der Waals surface area contributed by atoms with E-state index in [1.807, 2.05) is 25.1 Å². The number of nitrogens with one attached hydrogen (secondary N) is 1. The Morgan fingerprint density at radius 2 is 2.14 bits per heavy atom. The molecule has 2 heterocycles. The van der Waals surface area contributed by atoms with Gasteiger partial charge in [0.25, 0.3) is 0 Å². The summed E-state index contributed by atoms with van der Waals surface area (Å²) < 4.78 is 19.6. The van der Waals surface area contributed by atoms with Crippen LogP contribution >= 0.6 is 0 Å². The minimum absolute atomic E-state index is 0.170.